The molecule has 3 aliphatic rings. The SMILES string of the molecule is CC1C[C@@H]2C[C@H](C1CO)C2(C)C. The van der Waals surface area contributed by atoms with E-state index in [1.54, 1.807) is 0 Å². The molecule has 1 nitrogen and oxygen atoms in total. The quantitative estimate of drug-likeness (QED) is 0.637. The normalized spacial score (nSPS) is 50.0. The third-order valence-corrected chi connectivity index (χ3v) is 4.66. The van der Waals surface area contributed by atoms with Crippen molar-refractivity contribution in [3.05, 3.63) is 0 Å². The van der Waals surface area contributed by atoms with E-state index < -0.39 is 0 Å². The van der Waals surface area contributed by atoms with Crippen molar-refractivity contribution in [3.8, 4) is 0 Å². The highest BCUT2D eigenvalue weighted by Gasteiger charge is 2.56. The molecule has 3 saturated carbocycles. The van der Waals surface area contributed by atoms with Gasteiger partial charge in [0.1, 0.15) is 0 Å². The molecule has 2 bridgehead atoms. The van der Waals surface area contributed by atoms with Crippen molar-refractivity contribution in [2.24, 2.45) is 29.1 Å². The smallest absolute Gasteiger partial charge is 0.0464 e. The Morgan fingerprint density at radius 2 is 2.00 bits per heavy atom. The Balaban J connectivity index is 2.15. The first-order chi connectivity index (χ1) is 5.57. The summed E-state index contributed by atoms with van der Waals surface area (Å²) in [4.78, 5) is 0. The molecule has 0 aromatic carbocycles. The molecule has 0 amide bonds. The molecule has 0 aromatic heterocycles. The fraction of sp³-hybridized carbons (Fsp3) is 1.00. The second-order valence-corrected chi connectivity index (χ2v) is 5.42. The minimum Gasteiger partial charge on any atom is -0.396 e. The monoisotopic (exact) mass is 168 g/mol. The Kier molecular flexibility index (Phi) is 1.76. The van der Waals surface area contributed by atoms with Crippen LogP contribution in [0.4, 0.5) is 0 Å². The lowest BCUT2D eigenvalue weighted by atomic mass is 9.43. The maximum Gasteiger partial charge on any atom is 0.0464 e. The molecule has 0 aromatic rings. The van der Waals surface area contributed by atoms with Crippen LogP contribution in [0.1, 0.15) is 33.6 Å². The second kappa shape index (κ2) is 2.47. The number of hydrogen-bond donors (Lipinski definition) is 1. The number of fused-ring (bicyclic) bond motifs is 2. The van der Waals surface area contributed by atoms with Crippen molar-refractivity contribution in [2.75, 3.05) is 6.61 Å². The van der Waals surface area contributed by atoms with Crippen LogP contribution in [0.5, 0.6) is 0 Å². The van der Waals surface area contributed by atoms with E-state index in [1.807, 2.05) is 0 Å². The lowest BCUT2D eigenvalue weighted by Gasteiger charge is -2.62. The van der Waals surface area contributed by atoms with E-state index in [0.717, 1.165) is 17.8 Å². The second-order valence-electron chi connectivity index (χ2n) is 5.42. The van der Waals surface area contributed by atoms with Crippen LogP contribution in [0.15, 0.2) is 0 Å². The van der Waals surface area contributed by atoms with Gasteiger partial charge in [-0.15, -0.1) is 0 Å². The van der Waals surface area contributed by atoms with Gasteiger partial charge in [0.2, 0.25) is 0 Å². The first-order valence-electron chi connectivity index (χ1n) is 5.18. The summed E-state index contributed by atoms with van der Waals surface area (Å²) in [6.45, 7) is 7.46. The lowest BCUT2D eigenvalue weighted by molar-refractivity contribution is -0.142. The summed E-state index contributed by atoms with van der Waals surface area (Å²) in [5, 5.41) is 9.29. The average molecular weight is 168 g/mol. The molecule has 4 atom stereocenters. The Morgan fingerprint density at radius 1 is 1.33 bits per heavy atom. The van der Waals surface area contributed by atoms with E-state index in [2.05, 4.69) is 20.8 Å². The summed E-state index contributed by atoms with van der Waals surface area (Å²) in [6, 6.07) is 0. The number of rotatable bonds is 1. The van der Waals surface area contributed by atoms with E-state index in [-0.39, 0.29) is 0 Å². The summed E-state index contributed by atoms with van der Waals surface area (Å²) in [6.07, 6.45) is 2.72. The van der Waals surface area contributed by atoms with E-state index in [0.29, 0.717) is 17.9 Å². The summed E-state index contributed by atoms with van der Waals surface area (Å²) in [5.41, 5.74) is 0.528. The van der Waals surface area contributed by atoms with Crippen molar-refractivity contribution in [1.82, 2.24) is 0 Å². The van der Waals surface area contributed by atoms with Crippen LogP contribution in [-0.4, -0.2) is 11.7 Å². The van der Waals surface area contributed by atoms with Gasteiger partial charge in [0.05, 0.1) is 0 Å². The predicted octanol–water partition coefficient (Wildman–Crippen LogP) is 2.30. The predicted molar refractivity (Wildman–Crippen MR) is 49.7 cm³/mol. The zero-order valence-electron chi connectivity index (χ0n) is 8.38. The Labute approximate surface area is 75.2 Å². The van der Waals surface area contributed by atoms with E-state index in [1.165, 1.54) is 12.8 Å². The lowest BCUT2D eigenvalue weighted by Crippen LogP contribution is -2.56. The van der Waals surface area contributed by atoms with Crippen LogP contribution in [0.25, 0.3) is 0 Å². The molecular formula is C11H20O. The molecule has 3 rings (SSSR count). The van der Waals surface area contributed by atoms with Gasteiger partial charge in [-0.25, -0.2) is 0 Å². The third-order valence-electron chi connectivity index (χ3n) is 4.66. The third kappa shape index (κ3) is 0.891. The zero-order chi connectivity index (χ0) is 8.93. The Morgan fingerprint density at radius 3 is 2.42 bits per heavy atom. The summed E-state index contributed by atoms with van der Waals surface area (Å²) in [5.74, 6) is 3.09. The highest BCUT2D eigenvalue weighted by molar-refractivity contribution is 5.04. The molecule has 3 aliphatic carbocycles. The highest BCUT2D eigenvalue weighted by Crippen LogP contribution is 2.62. The van der Waals surface area contributed by atoms with Crippen molar-refractivity contribution in [2.45, 2.75) is 33.6 Å². The molecule has 2 unspecified atom stereocenters. The summed E-state index contributed by atoms with van der Waals surface area (Å²) >= 11 is 0. The zero-order valence-corrected chi connectivity index (χ0v) is 8.38. The van der Waals surface area contributed by atoms with Crippen LogP contribution in [0, 0.1) is 29.1 Å². The van der Waals surface area contributed by atoms with Gasteiger partial charge in [-0.1, -0.05) is 20.8 Å². The van der Waals surface area contributed by atoms with Crippen LogP contribution in [0.3, 0.4) is 0 Å². The van der Waals surface area contributed by atoms with E-state index in [4.69, 9.17) is 0 Å². The van der Waals surface area contributed by atoms with Crippen molar-refractivity contribution in [3.63, 3.8) is 0 Å². The highest BCUT2D eigenvalue weighted by atomic mass is 16.3. The summed E-state index contributed by atoms with van der Waals surface area (Å²) < 4.78 is 0. The topological polar surface area (TPSA) is 20.2 Å². The molecule has 0 radical (unpaired) electrons. The van der Waals surface area contributed by atoms with Gasteiger partial charge in [-0.3, -0.25) is 0 Å². The molecule has 70 valence electrons. The fourth-order valence-corrected chi connectivity index (χ4v) is 3.51. The maximum absolute atomic E-state index is 9.29. The summed E-state index contributed by atoms with van der Waals surface area (Å²) in [7, 11) is 0. The van der Waals surface area contributed by atoms with Gasteiger partial charge in [0.15, 0.2) is 0 Å². The van der Waals surface area contributed by atoms with E-state index in [9.17, 15) is 5.11 Å². The van der Waals surface area contributed by atoms with Crippen molar-refractivity contribution in [1.29, 1.82) is 0 Å². The molecule has 1 N–H and O–H groups in total. The largest absolute Gasteiger partial charge is 0.396 e. The molecule has 0 aliphatic heterocycles. The van der Waals surface area contributed by atoms with Crippen LogP contribution < -0.4 is 0 Å². The molecule has 3 fully saturated rings. The minimum atomic E-state index is 0.405. The fourth-order valence-electron chi connectivity index (χ4n) is 3.51. The van der Waals surface area contributed by atoms with Crippen molar-refractivity contribution >= 4 is 0 Å². The van der Waals surface area contributed by atoms with Crippen LogP contribution in [-0.2, 0) is 0 Å². The van der Waals surface area contributed by atoms with Gasteiger partial charge >= 0.3 is 0 Å². The van der Waals surface area contributed by atoms with Crippen molar-refractivity contribution < 1.29 is 5.11 Å². The maximum atomic E-state index is 9.29. The molecule has 0 heterocycles. The molecule has 1 heteroatoms. The molecular weight excluding hydrogens is 148 g/mol. The Bertz CT molecular complexity index is 185. The van der Waals surface area contributed by atoms with E-state index >= 15 is 0 Å². The number of aliphatic hydroxyl groups excluding tert-OH is 1. The van der Waals surface area contributed by atoms with Crippen LogP contribution >= 0.6 is 0 Å². The van der Waals surface area contributed by atoms with Gasteiger partial charge in [-0.05, 0) is 41.9 Å². The first-order valence-corrected chi connectivity index (χ1v) is 5.18. The van der Waals surface area contributed by atoms with Gasteiger partial charge in [0.25, 0.3) is 0 Å². The molecule has 0 spiro atoms. The first kappa shape index (κ1) is 8.55. The molecule has 0 saturated heterocycles. The Hall–Kier alpha value is -0.0400. The minimum absolute atomic E-state index is 0.405. The average Bonchev–Trinajstić information content (AvgIpc) is 2.03. The molecule has 12 heavy (non-hydrogen) atoms. The van der Waals surface area contributed by atoms with Gasteiger partial charge < -0.3 is 5.11 Å². The van der Waals surface area contributed by atoms with Gasteiger partial charge in [0, 0.05) is 6.61 Å². The number of aliphatic hydroxyl groups is 1. The standard InChI is InChI=1S/C11H20O/c1-7-4-8-5-10(9(7)6-12)11(8,2)3/h7-10,12H,4-6H2,1-3H3/t7?,8-,9?,10-/m1/s1. The van der Waals surface area contributed by atoms with Crippen LogP contribution in [0.2, 0.25) is 0 Å². The van der Waals surface area contributed by atoms with Gasteiger partial charge in [-0.2, -0.15) is 0 Å². The number of hydrogen-bond acceptors (Lipinski definition) is 1.